The molecule has 32 heavy (non-hydrogen) atoms. The molecule has 1 aliphatic rings. The Morgan fingerprint density at radius 1 is 0.688 bits per heavy atom. The maximum absolute atomic E-state index is 6.02. The highest BCUT2D eigenvalue weighted by Crippen LogP contribution is 2.51. The van der Waals surface area contributed by atoms with Crippen molar-refractivity contribution in [1.82, 2.24) is 0 Å². The molecule has 0 radical (unpaired) electrons. The Balaban J connectivity index is 1.97. The van der Waals surface area contributed by atoms with E-state index in [4.69, 9.17) is 9.47 Å². The van der Waals surface area contributed by atoms with Gasteiger partial charge < -0.3 is 9.47 Å². The predicted molar refractivity (Wildman–Crippen MR) is 134 cm³/mol. The molecule has 0 atom stereocenters. The van der Waals surface area contributed by atoms with E-state index < -0.39 is 0 Å². The first-order valence-electron chi connectivity index (χ1n) is 11.5. The van der Waals surface area contributed by atoms with Crippen LogP contribution in [-0.4, -0.2) is 13.9 Å². The lowest BCUT2D eigenvalue weighted by Crippen LogP contribution is -2.11. The van der Waals surface area contributed by atoms with Gasteiger partial charge in [0, 0.05) is 18.6 Å². The van der Waals surface area contributed by atoms with E-state index in [1.165, 1.54) is 44.5 Å². The van der Waals surface area contributed by atoms with Crippen molar-refractivity contribution in [2.45, 2.75) is 65.2 Å². The second-order valence-corrected chi connectivity index (χ2v) is 11.1. The maximum Gasteiger partial charge on any atom is 0.188 e. The Kier molecular flexibility index (Phi) is 5.71. The van der Waals surface area contributed by atoms with Crippen LogP contribution in [0.15, 0.2) is 54.6 Å². The highest BCUT2D eigenvalue weighted by atomic mass is 16.7. The number of fused-ring (bicyclic) bond motifs is 3. The maximum atomic E-state index is 6.02. The molecule has 1 aliphatic carbocycles. The summed E-state index contributed by atoms with van der Waals surface area (Å²) < 4.78 is 11.2. The topological polar surface area (TPSA) is 18.5 Å². The largest absolute Gasteiger partial charge is 0.467 e. The molecule has 2 nitrogen and oxygen atoms in total. The van der Waals surface area contributed by atoms with E-state index >= 15 is 0 Å². The number of aryl methyl sites for hydroxylation is 1. The first-order chi connectivity index (χ1) is 15.0. The minimum atomic E-state index is 0.102. The monoisotopic (exact) mass is 428 g/mol. The molecule has 0 saturated heterocycles. The Morgan fingerprint density at radius 3 is 1.69 bits per heavy atom. The fourth-order valence-electron chi connectivity index (χ4n) is 4.67. The van der Waals surface area contributed by atoms with Gasteiger partial charge in [-0.2, -0.15) is 0 Å². The van der Waals surface area contributed by atoms with Crippen molar-refractivity contribution < 1.29 is 9.47 Å². The number of benzene rings is 3. The molecule has 0 bridgehead atoms. The average Bonchev–Trinajstić information content (AvgIpc) is 3.04. The summed E-state index contributed by atoms with van der Waals surface area (Å²) in [7, 11) is 1.66. The smallest absolute Gasteiger partial charge is 0.188 e. The fourth-order valence-corrected chi connectivity index (χ4v) is 4.67. The summed E-state index contributed by atoms with van der Waals surface area (Å²) in [6.07, 6.45) is 0. The summed E-state index contributed by atoms with van der Waals surface area (Å²) in [6, 6.07) is 20.5. The minimum Gasteiger partial charge on any atom is -0.467 e. The number of rotatable bonds is 4. The van der Waals surface area contributed by atoms with Crippen LogP contribution in [0.3, 0.4) is 0 Å². The van der Waals surface area contributed by atoms with Gasteiger partial charge in [0.2, 0.25) is 0 Å². The second-order valence-electron chi connectivity index (χ2n) is 11.1. The van der Waals surface area contributed by atoms with Gasteiger partial charge in [-0.15, -0.1) is 0 Å². The third-order valence-corrected chi connectivity index (χ3v) is 6.56. The first kappa shape index (κ1) is 22.6. The van der Waals surface area contributed by atoms with E-state index in [0.29, 0.717) is 0 Å². The normalized spacial score (nSPS) is 13.8. The molecule has 0 spiro atoms. The van der Waals surface area contributed by atoms with Crippen LogP contribution < -0.4 is 4.74 Å². The lowest BCUT2D eigenvalue weighted by Gasteiger charge is -2.22. The van der Waals surface area contributed by atoms with Crippen molar-refractivity contribution in [3.8, 4) is 16.9 Å². The third-order valence-electron chi connectivity index (χ3n) is 6.56. The quantitative estimate of drug-likeness (QED) is 0.310. The lowest BCUT2D eigenvalue weighted by atomic mass is 9.83. The van der Waals surface area contributed by atoms with E-state index in [-0.39, 0.29) is 23.5 Å². The molecule has 0 heterocycles. The predicted octanol–water partition coefficient (Wildman–Crippen LogP) is 7.73. The van der Waals surface area contributed by atoms with E-state index in [1.807, 2.05) is 0 Å². The summed E-state index contributed by atoms with van der Waals surface area (Å²) in [4.78, 5) is 0. The zero-order chi connectivity index (χ0) is 23.3. The molecule has 0 aliphatic heterocycles. The zero-order valence-corrected chi connectivity index (χ0v) is 20.8. The van der Waals surface area contributed by atoms with Crippen LogP contribution in [0, 0.1) is 6.92 Å². The Morgan fingerprint density at radius 2 is 1.22 bits per heavy atom. The molecular formula is C30H36O2. The van der Waals surface area contributed by atoms with Crippen molar-refractivity contribution in [1.29, 1.82) is 0 Å². The van der Waals surface area contributed by atoms with Gasteiger partial charge >= 0.3 is 0 Å². The number of methoxy groups -OCH3 is 1. The van der Waals surface area contributed by atoms with Crippen LogP contribution in [0.1, 0.15) is 80.8 Å². The van der Waals surface area contributed by atoms with Crippen molar-refractivity contribution in [3.05, 3.63) is 88.0 Å². The van der Waals surface area contributed by atoms with Crippen LogP contribution >= 0.6 is 0 Å². The number of ether oxygens (including phenoxy) is 2. The van der Waals surface area contributed by atoms with E-state index in [2.05, 4.69) is 103 Å². The Hall–Kier alpha value is -2.58. The van der Waals surface area contributed by atoms with Gasteiger partial charge in [0.05, 0.1) is 0 Å². The molecule has 0 saturated carbocycles. The molecule has 4 rings (SSSR count). The van der Waals surface area contributed by atoms with Crippen LogP contribution in [-0.2, 0) is 15.6 Å². The summed E-state index contributed by atoms with van der Waals surface area (Å²) >= 11 is 0. The summed E-state index contributed by atoms with van der Waals surface area (Å²) in [5, 5.41) is 0. The van der Waals surface area contributed by atoms with E-state index in [9.17, 15) is 0 Å². The zero-order valence-electron chi connectivity index (χ0n) is 20.8. The number of hydrogen-bond acceptors (Lipinski definition) is 2. The van der Waals surface area contributed by atoms with Crippen LogP contribution in [0.2, 0.25) is 0 Å². The van der Waals surface area contributed by atoms with Gasteiger partial charge in [0.25, 0.3) is 0 Å². The van der Waals surface area contributed by atoms with Crippen molar-refractivity contribution in [2.24, 2.45) is 0 Å². The molecule has 0 unspecified atom stereocenters. The molecule has 0 fully saturated rings. The van der Waals surface area contributed by atoms with Gasteiger partial charge in [0.1, 0.15) is 5.75 Å². The molecular weight excluding hydrogens is 392 g/mol. The van der Waals surface area contributed by atoms with Crippen molar-refractivity contribution >= 4 is 0 Å². The van der Waals surface area contributed by atoms with Gasteiger partial charge in [0.15, 0.2) is 6.79 Å². The fraction of sp³-hybridized carbons (Fsp3) is 0.400. The Labute approximate surface area is 193 Å². The van der Waals surface area contributed by atoms with E-state index in [1.54, 1.807) is 7.11 Å². The van der Waals surface area contributed by atoms with Crippen molar-refractivity contribution in [2.75, 3.05) is 13.9 Å². The van der Waals surface area contributed by atoms with Crippen LogP contribution in [0.5, 0.6) is 5.75 Å². The first-order valence-corrected chi connectivity index (χ1v) is 11.5. The molecule has 0 amide bonds. The van der Waals surface area contributed by atoms with Crippen LogP contribution in [0.4, 0.5) is 0 Å². The summed E-state index contributed by atoms with van der Waals surface area (Å²) in [6.45, 7) is 16.1. The van der Waals surface area contributed by atoms with Crippen LogP contribution in [0.25, 0.3) is 11.1 Å². The van der Waals surface area contributed by atoms with Gasteiger partial charge in [-0.1, -0.05) is 95.6 Å². The highest BCUT2D eigenvalue weighted by molar-refractivity contribution is 5.82. The Bertz CT molecular complexity index is 1080. The van der Waals surface area contributed by atoms with Crippen molar-refractivity contribution in [3.63, 3.8) is 0 Å². The van der Waals surface area contributed by atoms with Gasteiger partial charge in [-0.3, -0.25) is 0 Å². The molecule has 2 heteroatoms. The second kappa shape index (κ2) is 8.08. The molecule has 3 aromatic carbocycles. The summed E-state index contributed by atoms with van der Waals surface area (Å²) in [5.41, 5.74) is 10.8. The molecule has 168 valence electrons. The number of hydrogen-bond donors (Lipinski definition) is 0. The summed E-state index contributed by atoms with van der Waals surface area (Å²) in [5.74, 6) is 1.04. The highest BCUT2D eigenvalue weighted by Gasteiger charge is 2.34. The molecule has 0 N–H and O–H groups in total. The molecule has 0 aromatic heterocycles. The standard InChI is InChI=1S/C30H36O2/c1-19-9-14-27(32-18-31-8)26(15-19)28-22-12-10-20(29(2,3)4)16-24(22)25-17-21(30(5,6)7)11-13-23(25)28/h9-17,28H,18H2,1-8H3. The average molecular weight is 429 g/mol. The minimum absolute atomic E-state index is 0.102. The lowest BCUT2D eigenvalue weighted by molar-refractivity contribution is 0.0504. The van der Waals surface area contributed by atoms with Gasteiger partial charge in [-0.25, -0.2) is 0 Å². The third kappa shape index (κ3) is 4.09. The molecule has 3 aromatic rings. The SMILES string of the molecule is COCOc1ccc(C)cc1C1c2ccc(C(C)(C)C)cc2-c2cc(C(C)(C)C)ccc21. The van der Waals surface area contributed by atoms with Gasteiger partial charge in [-0.05, 0) is 57.2 Å². The van der Waals surface area contributed by atoms with E-state index in [0.717, 1.165) is 5.75 Å².